The van der Waals surface area contributed by atoms with Crippen molar-refractivity contribution in [2.45, 2.75) is 69.5 Å². The molecule has 0 heterocycles. The van der Waals surface area contributed by atoms with Crippen LogP contribution in [0.5, 0.6) is 0 Å². The van der Waals surface area contributed by atoms with Gasteiger partial charge in [0.05, 0.1) is 6.61 Å². The van der Waals surface area contributed by atoms with Crippen LogP contribution in [0.1, 0.15) is 64.2 Å². The number of esters is 1. The van der Waals surface area contributed by atoms with E-state index in [1.54, 1.807) is 0 Å². The zero-order chi connectivity index (χ0) is 28.0. The first-order valence-electron chi connectivity index (χ1n) is 12.3. The van der Waals surface area contributed by atoms with E-state index >= 15 is 0 Å². The van der Waals surface area contributed by atoms with Crippen LogP contribution in [0.2, 0.25) is 0 Å². The van der Waals surface area contributed by atoms with Gasteiger partial charge >= 0.3 is 41.6 Å². The predicted molar refractivity (Wildman–Crippen MR) is 136 cm³/mol. The van der Waals surface area contributed by atoms with Gasteiger partial charge in [0.25, 0.3) is 0 Å². The summed E-state index contributed by atoms with van der Waals surface area (Å²) in [4.78, 5) is 12.0. The second-order valence-electron chi connectivity index (χ2n) is 8.52. The molecule has 0 aliphatic carbocycles. The summed E-state index contributed by atoms with van der Waals surface area (Å²) in [6.45, 7) is -0.339. The highest BCUT2D eigenvalue weighted by molar-refractivity contribution is 9.09. The van der Waals surface area contributed by atoms with Crippen molar-refractivity contribution in [3.8, 4) is 0 Å². The van der Waals surface area contributed by atoms with E-state index in [4.69, 9.17) is 2.51 Å². The van der Waals surface area contributed by atoms with Crippen LogP contribution in [0.4, 0.5) is 17.6 Å². The number of hydrogen-bond donors (Lipinski definition) is 0. The first kappa shape index (κ1) is 33.0. The molecule has 0 amide bonds. The standard InChI is InChI=1S/C26H32BrF4IO5S/c27-19-9-7-5-3-1-2-4-6-8-10-20-36-25(33)26(30,31)38(34,35)37-32(23-15-11-21(28)12-16-23)24-17-13-22(29)14-18-24/h11-18H,1-10,19-20H2/q+1. The maximum Gasteiger partial charge on any atom is 0.469 e. The van der Waals surface area contributed by atoms with Crippen LogP contribution >= 0.6 is 15.9 Å². The zero-order valence-electron chi connectivity index (χ0n) is 20.8. The first-order valence-corrected chi connectivity index (χ1v) is 17.9. The van der Waals surface area contributed by atoms with Crippen molar-refractivity contribution in [2.75, 3.05) is 11.9 Å². The number of alkyl halides is 3. The highest BCUT2D eigenvalue weighted by atomic mass is 127. The maximum absolute atomic E-state index is 14.7. The molecule has 0 unspecified atom stereocenters. The molecule has 0 aliphatic heterocycles. The Bertz CT molecular complexity index is 1040. The number of hydrogen-bond acceptors (Lipinski definition) is 5. The summed E-state index contributed by atoms with van der Waals surface area (Å²) >= 11 is -0.249. The molecule has 0 spiro atoms. The number of halogens is 6. The van der Waals surface area contributed by atoms with E-state index in [9.17, 15) is 30.8 Å². The van der Waals surface area contributed by atoms with Crippen molar-refractivity contribution in [3.63, 3.8) is 0 Å². The van der Waals surface area contributed by atoms with Gasteiger partial charge in [-0.15, -0.1) is 0 Å². The lowest BCUT2D eigenvalue weighted by molar-refractivity contribution is -1.03. The summed E-state index contributed by atoms with van der Waals surface area (Å²) in [5.74, 6) is -3.46. The molecule has 0 saturated carbocycles. The van der Waals surface area contributed by atoms with E-state index in [2.05, 4.69) is 20.7 Å². The number of carbonyl (C=O) groups is 1. The van der Waals surface area contributed by atoms with Crippen LogP contribution in [-0.4, -0.2) is 31.6 Å². The second kappa shape index (κ2) is 16.8. The van der Waals surface area contributed by atoms with Crippen LogP contribution in [0.25, 0.3) is 0 Å². The van der Waals surface area contributed by atoms with Crippen LogP contribution in [0, 0.1) is 18.8 Å². The normalized spacial score (nSPS) is 12.2. The number of carbonyl (C=O) groups excluding carboxylic acids is 1. The molecule has 38 heavy (non-hydrogen) atoms. The van der Waals surface area contributed by atoms with E-state index in [1.807, 2.05) is 0 Å². The molecular formula is C26H32BrF4IO5S+. The Kier molecular flexibility index (Phi) is 14.5. The lowest BCUT2D eigenvalue weighted by Crippen LogP contribution is -3.85. The van der Waals surface area contributed by atoms with Gasteiger partial charge in [0, 0.05) is 5.33 Å². The summed E-state index contributed by atoms with van der Waals surface area (Å²) in [7, 11) is -5.77. The van der Waals surface area contributed by atoms with Gasteiger partial charge in [0.15, 0.2) is 7.14 Å². The Hall–Kier alpha value is -1.25. The number of ether oxygens (including phenoxy) is 1. The third-order valence-corrected chi connectivity index (χ3v) is 13.3. The van der Waals surface area contributed by atoms with Crippen molar-refractivity contribution in [3.05, 3.63) is 67.3 Å². The number of benzene rings is 2. The van der Waals surface area contributed by atoms with Gasteiger partial charge in [0.1, 0.15) is 11.6 Å². The van der Waals surface area contributed by atoms with E-state index < -0.39 is 53.2 Å². The van der Waals surface area contributed by atoms with Gasteiger partial charge in [-0.25, -0.2) is 13.6 Å². The molecule has 0 aromatic heterocycles. The highest BCUT2D eigenvalue weighted by Gasteiger charge is 2.60. The summed E-state index contributed by atoms with van der Waals surface area (Å²) in [6.07, 6.45) is 9.85. The van der Waals surface area contributed by atoms with Crippen LogP contribution in [-0.2, 0) is 22.2 Å². The monoisotopic (exact) mass is 738 g/mol. The lowest BCUT2D eigenvalue weighted by Gasteiger charge is -2.14. The van der Waals surface area contributed by atoms with E-state index in [1.165, 1.54) is 49.9 Å². The molecular weight excluding hydrogens is 707 g/mol. The summed E-state index contributed by atoms with van der Waals surface area (Å²) in [5.41, 5.74) is 0. The molecule has 0 atom stereocenters. The molecule has 5 nitrogen and oxygen atoms in total. The van der Waals surface area contributed by atoms with Crippen molar-refractivity contribution in [1.29, 1.82) is 0 Å². The minimum absolute atomic E-state index is 0.161. The summed E-state index contributed by atoms with van der Waals surface area (Å²) < 4.78 is 90.9. The lowest BCUT2D eigenvalue weighted by atomic mass is 10.1. The third-order valence-electron chi connectivity index (χ3n) is 5.46. The first-order chi connectivity index (χ1) is 18.1. The molecule has 2 aromatic carbocycles. The second-order valence-corrected chi connectivity index (χ2v) is 15.8. The van der Waals surface area contributed by atoms with Gasteiger partial charge in [-0.1, -0.05) is 67.3 Å². The predicted octanol–water partition coefficient (Wildman–Crippen LogP) is 4.32. The van der Waals surface area contributed by atoms with Gasteiger partial charge in [-0.3, -0.25) is 0 Å². The average molecular weight is 739 g/mol. The van der Waals surface area contributed by atoms with Crippen molar-refractivity contribution in [2.24, 2.45) is 0 Å². The fourth-order valence-electron chi connectivity index (χ4n) is 3.37. The van der Waals surface area contributed by atoms with Crippen molar-refractivity contribution < 1.29 is 58.3 Å². The van der Waals surface area contributed by atoms with Crippen LogP contribution < -0.4 is 20.2 Å². The van der Waals surface area contributed by atoms with E-state index in [0.29, 0.717) is 12.8 Å². The quantitative estimate of drug-likeness (QED) is 0.0750. The number of unbranched alkanes of at least 4 members (excludes halogenated alkanes) is 9. The molecule has 0 bridgehead atoms. The molecule has 1 radical (unpaired) electrons. The third kappa shape index (κ3) is 10.7. The minimum Gasteiger partial charge on any atom is -0.460 e. The Morgan fingerprint density at radius 3 is 1.55 bits per heavy atom. The van der Waals surface area contributed by atoms with Gasteiger partial charge < -0.3 is 4.74 Å². The fourth-order valence-corrected chi connectivity index (χ4v) is 10.5. The maximum atomic E-state index is 14.7. The summed E-state index contributed by atoms with van der Waals surface area (Å²) in [5, 5.41) is -3.92. The van der Waals surface area contributed by atoms with Crippen LogP contribution in [0.3, 0.4) is 0 Å². The molecule has 12 heteroatoms. The van der Waals surface area contributed by atoms with Crippen LogP contribution in [0.15, 0.2) is 48.5 Å². The molecule has 0 aliphatic rings. The Morgan fingerprint density at radius 2 is 1.13 bits per heavy atom. The van der Waals surface area contributed by atoms with Gasteiger partial charge in [0.2, 0.25) is 0 Å². The highest BCUT2D eigenvalue weighted by Crippen LogP contribution is 2.24. The van der Waals surface area contributed by atoms with E-state index in [0.717, 1.165) is 55.3 Å². The fraction of sp³-hybridized carbons (Fsp3) is 0.500. The summed E-state index contributed by atoms with van der Waals surface area (Å²) in [6, 6.07) is 8.94. The molecule has 213 valence electrons. The van der Waals surface area contributed by atoms with Gasteiger partial charge in [-0.2, -0.15) is 17.2 Å². The largest absolute Gasteiger partial charge is 0.469 e. The Balaban J connectivity index is 1.88. The molecule has 2 rings (SSSR count). The molecule has 2 aromatic rings. The molecule has 0 fully saturated rings. The number of rotatable bonds is 18. The van der Waals surface area contributed by atoms with Gasteiger partial charge in [-0.05, 0) is 63.9 Å². The van der Waals surface area contributed by atoms with E-state index in [-0.39, 0.29) is 13.7 Å². The Morgan fingerprint density at radius 1 is 0.737 bits per heavy atom. The van der Waals surface area contributed by atoms with Crippen molar-refractivity contribution in [1.82, 2.24) is 0 Å². The minimum atomic E-state index is -5.77. The topological polar surface area (TPSA) is 69.7 Å². The Labute approximate surface area is 237 Å². The zero-order valence-corrected chi connectivity index (χ0v) is 25.4. The van der Waals surface area contributed by atoms with Crippen molar-refractivity contribution >= 4 is 32.0 Å². The smallest absolute Gasteiger partial charge is 0.460 e. The average Bonchev–Trinajstić information content (AvgIpc) is 2.89. The molecule has 0 N–H and O–H groups in total. The SMILES string of the molecule is O=C(OCCCCCCCCCCCCBr)C(F)(F)S(=O)(=O)O[I+](c1ccc(F)cc1)c1ccc(F)cc1. The molecule has 0 saturated heterocycles.